The molecule has 1 N–H and O–H groups in total. The summed E-state index contributed by atoms with van der Waals surface area (Å²) in [5, 5.41) is 2.82. The van der Waals surface area contributed by atoms with Crippen LogP contribution in [0.1, 0.15) is 20.3 Å². The van der Waals surface area contributed by atoms with Gasteiger partial charge in [0.05, 0.1) is 12.6 Å². The lowest BCUT2D eigenvalue weighted by molar-refractivity contribution is 0.0803. The molecule has 1 saturated heterocycles. The Morgan fingerprint density at radius 2 is 2.46 bits per heavy atom. The van der Waals surface area contributed by atoms with E-state index in [-0.39, 0.29) is 12.1 Å². The molecule has 4 heteroatoms. The Labute approximate surface area is 79.2 Å². The average Bonchev–Trinajstić information content (AvgIpc) is 2.15. The Morgan fingerprint density at radius 3 is 3.08 bits per heavy atom. The third-order valence-corrected chi connectivity index (χ3v) is 2.21. The number of carbonyl (C=O) groups excluding carboxylic acids is 1. The summed E-state index contributed by atoms with van der Waals surface area (Å²) in [5.41, 5.74) is 0. The molecule has 1 aliphatic rings. The van der Waals surface area contributed by atoms with Gasteiger partial charge in [0, 0.05) is 19.7 Å². The zero-order valence-electron chi connectivity index (χ0n) is 8.38. The third kappa shape index (κ3) is 2.88. The highest BCUT2D eigenvalue weighted by Crippen LogP contribution is 2.05. The predicted molar refractivity (Wildman–Crippen MR) is 50.7 cm³/mol. The smallest absolute Gasteiger partial charge is 0.317 e. The van der Waals surface area contributed by atoms with Crippen LogP contribution in [0.25, 0.3) is 0 Å². The minimum atomic E-state index is 0.0402. The van der Waals surface area contributed by atoms with Crippen LogP contribution in [0.15, 0.2) is 0 Å². The van der Waals surface area contributed by atoms with Crippen molar-refractivity contribution in [3.63, 3.8) is 0 Å². The summed E-state index contributed by atoms with van der Waals surface area (Å²) in [7, 11) is 0. The molecular weight excluding hydrogens is 168 g/mol. The summed E-state index contributed by atoms with van der Waals surface area (Å²) in [6.45, 7) is 6.96. The van der Waals surface area contributed by atoms with Crippen LogP contribution in [-0.4, -0.2) is 43.3 Å². The highest BCUT2D eigenvalue weighted by Gasteiger charge is 2.22. The van der Waals surface area contributed by atoms with Gasteiger partial charge < -0.3 is 15.0 Å². The van der Waals surface area contributed by atoms with Gasteiger partial charge in [-0.15, -0.1) is 0 Å². The van der Waals surface area contributed by atoms with E-state index in [1.54, 1.807) is 0 Å². The Hall–Kier alpha value is -0.770. The fourth-order valence-electron chi connectivity index (χ4n) is 1.45. The van der Waals surface area contributed by atoms with Crippen LogP contribution >= 0.6 is 0 Å². The lowest BCUT2D eigenvalue weighted by Gasteiger charge is -2.32. The SMILES string of the molecule is CCOCC(C)N1CCCNC1=O. The van der Waals surface area contributed by atoms with E-state index in [0.29, 0.717) is 13.2 Å². The number of nitrogens with one attached hydrogen (secondary N) is 1. The van der Waals surface area contributed by atoms with E-state index in [2.05, 4.69) is 5.32 Å². The van der Waals surface area contributed by atoms with Crippen molar-refractivity contribution >= 4 is 6.03 Å². The van der Waals surface area contributed by atoms with Gasteiger partial charge in [0.15, 0.2) is 0 Å². The zero-order valence-corrected chi connectivity index (χ0v) is 8.38. The van der Waals surface area contributed by atoms with Gasteiger partial charge >= 0.3 is 6.03 Å². The molecule has 1 heterocycles. The number of rotatable bonds is 4. The standard InChI is InChI=1S/C9H18N2O2/c1-3-13-7-8(2)11-6-4-5-10-9(11)12/h8H,3-7H2,1-2H3,(H,10,12). The number of amides is 2. The van der Waals surface area contributed by atoms with Crippen LogP contribution in [0.2, 0.25) is 0 Å². The van der Waals surface area contributed by atoms with E-state index < -0.39 is 0 Å². The van der Waals surface area contributed by atoms with Crippen LogP contribution in [0.5, 0.6) is 0 Å². The van der Waals surface area contributed by atoms with Gasteiger partial charge in [0.25, 0.3) is 0 Å². The second-order valence-electron chi connectivity index (χ2n) is 3.29. The highest BCUT2D eigenvalue weighted by atomic mass is 16.5. The lowest BCUT2D eigenvalue weighted by atomic mass is 10.2. The van der Waals surface area contributed by atoms with E-state index in [1.165, 1.54) is 0 Å². The highest BCUT2D eigenvalue weighted by molar-refractivity contribution is 5.75. The van der Waals surface area contributed by atoms with Crippen molar-refractivity contribution in [3.05, 3.63) is 0 Å². The number of carbonyl (C=O) groups is 1. The van der Waals surface area contributed by atoms with Crippen LogP contribution in [0.4, 0.5) is 4.79 Å². The van der Waals surface area contributed by atoms with Gasteiger partial charge in [-0.05, 0) is 20.3 Å². The van der Waals surface area contributed by atoms with Crippen molar-refractivity contribution in [2.45, 2.75) is 26.3 Å². The monoisotopic (exact) mass is 186 g/mol. The van der Waals surface area contributed by atoms with Crippen LogP contribution in [0.3, 0.4) is 0 Å². The molecule has 0 aliphatic carbocycles. The van der Waals surface area contributed by atoms with Crippen LogP contribution < -0.4 is 5.32 Å². The van der Waals surface area contributed by atoms with Crippen molar-refractivity contribution in [3.8, 4) is 0 Å². The maximum Gasteiger partial charge on any atom is 0.317 e. The molecule has 4 nitrogen and oxygen atoms in total. The van der Waals surface area contributed by atoms with Gasteiger partial charge in [-0.2, -0.15) is 0 Å². The number of hydrogen-bond acceptors (Lipinski definition) is 2. The zero-order chi connectivity index (χ0) is 9.68. The van der Waals surface area contributed by atoms with Crippen molar-refractivity contribution in [1.29, 1.82) is 0 Å². The molecule has 0 spiro atoms. The molecule has 1 rings (SSSR count). The Morgan fingerprint density at radius 1 is 1.69 bits per heavy atom. The number of ether oxygens (including phenoxy) is 1. The molecule has 0 aromatic carbocycles. The molecule has 1 aliphatic heterocycles. The molecule has 0 aromatic rings. The fraction of sp³-hybridized carbons (Fsp3) is 0.889. The number of urea groups is 1. The van der Waals surface area contributed by atoms with Crippen molar-refractivity contribution in [2.75, 3.05) is 26.3 Å². The lowest BCUT2D eigenvalue weighted by Crippen LogP contribution is -2.51. The maximum atomic E-state index is 11.4. The van der Waals surface area contributed by atoms with Gasteiger partial charge in [-0.25, -0.2) is 4.79 Å². The van der Waals surface area contributed by atoms with Crippen molar-refractivity contribution in [1.82, 2.24) is 10.2 Å². The Balaban J connectivity index is 2.34. The molecule has 0 radical (unpaired) electrons. The van der Waals surface area contributed by atoms with E-state index in [4.69, 9.17) is 4.74 Å². The Bertz CT molecular complexity index is 173. The van der Waals surface area contributed by atoms with E-state index in [9.17, 15) is 4.79 Å². The molecule has 1 atom stereocenters. The Kier molecular flexibility index (Phi) is 4.02. The van der Waals surface area contributed by atoms with E-state index >= 15 is 0 Å². The molecule has 13 heavy (non-hydrogen) atoms. The van der Waals surface area contributed by atoms with E-state index in [0.717, 1.165) is 19.5 Å². The molecular formula is C9H18N2O2. The minimum Gasteiger partial charge on any atom is -0.380 e. The molecule has 1 unspecified atom stereocenters. The first-order valence-corrected chi connectivity index (χ1v) is 4.88. The van der Waals surface area contributed by atoms with Crippen LogP contribution in [0, 0.1) is 0 Å². The summed E-state index contributed by atoms with van der Waals surface area (Å²) in [5.74, 6) is 0. The van der Waals surface area contributed by atoms with Gasteiger partial charge in [-0.1, -0.05) is 0 Å². The minimum absolute atomic E-state index is 0.0402. The first-order valence-electron chi connectivity index (χ1n) is 4.88. The largest absolute Gasteiger partial charge is 0.380 e. The summed E-state index contributed by atoms with van der Waals surface area (Å²) in [6, 6.07) is 0.221. The number of nitrogens with zero attached hydrogens (tertiary/aromatic N) is 1. The summed E-state index contributed by atoms with van der Waals surface area (Å²) < 4.78 is 5.28. The first kappa shape index (κ1) is 10.3. The molecule has 0 saturated carbocycles. The molecule has 0 bridgehead atoms. The number of hydrogen-bond donors (Lipinski definition) is 1. The van der Waals surface area contributed by atoms with Gasteiger partial charge in [-0.3, -0.25) is 0 Å². The summed E-state index contributed by atoms with van der Waals surface area (Å²) >= 11 is 0. The topological polar surface area (TPSA) is 41.6 Å². The molecule has 0 aromatic heterocycles. The van der Waals surface area contributed by atoms with Gasteiger partial charge in [0.1, 0.15) is 0 Å². The average molecular weight is 186 g/mol. The van der Waals surface area contributed by atoms with Gasteiger partial charge in [0.2, 0.25) is 0 Å². The van der Waals surface area contributed by atoms with E-state index in [1.807, 2.05) is 18.7 Å². The fourth-order valence-corrected chi connectivity index (χ4v) is 1.45. The first-order chi connectivity index (χ1) is 6.25. The third-order valence-electron chi connectivity index (χ3n) is 2.21. The van der Waals surface area contributed by atoms with Crippen molar-refractivity contribution < 1.29 is 9.53 Å². The molecule has 1 fully saturated rings. The van der Waals surface area contributed by atoms with Crippen molar-refractivity contribution in [2.24, 2.45) is 0 Å². The van der Waals surface area contributed by atoms with Crippen LogP contribution in [-0.2, 0) is 4.74 Å². The molecule has 2 amide bonds. The second-order valence-corrected chi connectivity index (χ2v) is 3.29. The normalized spacial score (nSPS) is 19.8. The summed E-state index contributed by atoms with van der Waals surface area (Å²) in [4.78, 5) is 13.2. The second kappa shape index (κ2) is 5.07. The summed E-state index contributed by atoms with van der Waals surface area (Å²) in [6.07, 6.45) is 1.03. The molecule has 76 valence electrons. The maximum absolute atomic E-state index is 11.4. The quantitative estimate of drug-likeness (QED) is 0.706. The predicted octanol–water partition coefficient (Wildman–Crippen LogP) is 0.827.